The van der Waals surface area contributed by atoms with Crippen LogP contribution in [-0.4, -0.2) is 32.2 Å². The summed E-state index contributed by atoms with van der Waals surface area (Å²) in [7, 11) is -1.53. The molecule has 6 nitrogen and oxygen atoms in total. The Kier molecular flexibility index (Phi) is 4.68. The van der Waals surface area contributed by atoms with Crippen LogP contribution in [0.3, 0.4) is 0 Å². The van der Waals surface area contributed by atoms with Crippen molar-refractivity contribution in [2.24, 2.45) is 5.92 Å². The lowest BCUT2D eigenvalue weighted by Gasteiger charge is -2.05. The minimum absolute atomic E-state index is 0.00458. The maximum atomic E-state index is 12.0. The van der Waals surface area contributed by atoms with Crippen molar-refractivity contribution in [2.75, 3.05) is 18.2 Å². The highest BCUT2D eigenvalue weighted by molar-refractivity contribution is 7.94. The lowest BCUT2D eigenvalue weighted by molar-refractivity contribution is -0.116. The molecule has 0 saturated heterocycles. The van der Waals surface area contributed by atoms with E-state index in [-0.39, 0.29) is 24.0 Å². The number of benzene rings is 1. The molecular weight excluding hydrogens is 348 g/mol. The second-order valence-corrected chi connectivity index (χ2v) is 8.23. The van der Waals surface area contributed by atoms with E-state index in [1.54, 1.807) is 13.2 Å². The van der Waals surface area contributed by atoms with Gasteiger partial charge in [-0.15, -0.1) is 11.3 Å². The summed E-state index contributed by atoms with van der Waals surface area (Å²) in [4.78, 5) is 16.4. The van der Waals surface area contributed by atoms with Gasteiger partial charge in [-0.2, -0.15) is 0 Å². The van der Waals surface area contributed by atoms with Gasteiger partial charge in [-0.25, -0.2) is 13.4 Å². The maximum Gasteiger partial charge on any atom is 0.226 e. The summed E-state index contributed by atoms with van der Waals surface area (Å²) in [5.41, 5.74) is 1.69. The van der Waals surface area contributed by atoms with Crippen molar-refractivity contribution in [3.8, 4) is 17.0 Å². The molecule has 1 N–H and O–H groups in total. The Balaban J connectivity index is 1.61. The third kappa shape index (κ3) is 4.01. The fourth-order valence-corrected chi connectivity index (χ4v) is 4.54. The number of nitrogens with one attached hydrogen (secondary N) is 1. The van der Waals surface area contributed by atoms with Crippen molar-refractivity contribution in [1.29, 1.82) is 0 Å². The van der Waals surface area contributed by atoms with Crippen molar-refractivity contribution in [3.63, 3.8) is 0 Å². The molecule has 0 saturated carbocycles. The fraction of sp³-hybridized carbons (Fsp3) is 0.250. The average molecular weight is 364 g/mol. The molecule has 0 radical (unpaired) electrons. The summed E-state index contributed by atoms with van der Waals surface area (Å²) in [5, 5.41) is 6.26. The van der Waals surface area contributed by atoms with Crippen LogP contribution in [0.2, 0.25) is 0 Å². The first-order chi connectivity index (χ1) is 11.4. The highest BCUT2D eigenvalue weighted by Crippen LogP contribution is 2.27. The van der Waals surface area contributed by atoms with E-state index >= 15 is 0 Å². The predicted octanol–water partition coefficient (Wildman–Crippen LogP) is 2.71. The molecule has 0 aliphatic carbocycles. The molecule has 8 heteroatoms. The second-order valence-electron chi connectivity index (χ2n) is 5.44. The van der Waals surface area contributed by atoms with E-state index in [1.807, 2.05) is 29.6 Å². The summed E-state index contributed by atoms with van der Waals surface area (Å²) in [6, 6.07) is 7.49. The molecule has 1 aliphatic rings. The first-order valence-corrected chi connectivity index (χ1v) is 9.85. The number of aromatic nitrogens is 1. The number of carbonyl (C=O) groups is 1. The minimum atomic E-state index is -3.14. The van der Waals surface area contributed by atoms with Crippen LogP contribution in [0.4, 0.5) is 5.13 Å². The van der Waals surface area contributed by atoms with E-state index in [4.69, 9.17) is 4.74 Å². The normalized spacial score (nSPS) is 18.5. The van der Waals surface area contributed by atoms with Gasteiger partial charge >= 0.3 is 0 Å². The first kappa shape index (κ1) is 16.7. The number of methoxy groups -OCH3 is 1. The highest BCUT2D eigenvalue weighted by atomic mass is 32.2. The highest BCUT2D eigenvalue weighted by Gasteiger charge is 2.24. The standard InChI is InChI=1S/C16H16N2O4S2/c1-22-13-4-2-12(3-5-13)14-9-23-16(17-14)18-15(19)8-11-6-7-24(20,21)10-11/h2-7,9,11H,8,10H2,1H3,(H,17,18,19). The van der Waals surface area contributed by atoms with Crippen molar-refractivity contribution in [2.45, 2.75) is 6.42 Å². The van der Waals surface area contributed by atoms with E-state index < -0.39 is 9.84 Å². The zero-order valence-electron chi connectivity index (χ0n) is 12.9. The van der Waals surface area contributed by atoms with Crippen molar-refractivity contribution < 1.29 is 17.9 Å². The molecule has 0 bridgehead atoms. The van der Waals surface area contributed by atoms with Crippen LogP contribution in [-0.2, 0) is 14.6 Å². The summed E-state index contributed by atoms with van der Waals surface area (Å²) >= 11 is 1.33. The Hall–Kier alpha value is -2.19. The number of nitrogens with zero attached hydrogens (tertiary/aromatic N) is 1. The van der Waals surface area contributed by atoms with Gasteiger partial charge in [0, 0.05) is 28.7 Å². The third-order valence-corrected chi connectivity index (χ3v) is 5.81. The molecule has 1 aromatic carbocycles. The van der Waals surface area contributed by atoms with Gasteiger partial charge in [-0.1, -0.05) is 6.08 Å². The molecule has 1 aliphatic heterocycles. The van der Waals surface area contributed by atoms with E-state index in [0.717, 1.165) is 17.0 Å². The Morgan fingerprint density at radius 2 is 2.12 bits per heavy atom. The molecule has 1 aromatic heterocycles. The van der Waals surface area contributed by atoms with E-state index in [9.17, 15) is 13.2 Å². The van der Waals surface area contributed by atoms with Crippen LogP contribution in [0.15, 0.2) is 41.1 Å². The van der Waals surface area contributed by atoms with Gasteiger partial charge in [0.15, 0.2) is 15.0 Å². The number of anilines is 1. The molecule has 0 fully saturated rings. The zero-order chi connectivity index (χ0) is 17.2. The summed E-state index contributed by atoms with van der Waals surface area (Å²) in [5.74, 6) is 0.255. The molecule has 1 amide bonds. The van der Waals surface area contributed by atoms with E-state index in [2.05, 4.69) is 10.3 Å². The van der Waals surface area contributed by atoms with Crippen LogP contribution in [0, 0.1) is 5.92 Å². The number of rotatable bonds is 5. The van der Waals surface area contributed by atoms with Crippen molar-refractivity contribution in [3.05, 3.63) is 41.1 Å². The first-order valence-electron chi connectivity index (χ1n) is 7.26. The molecule has 126 valence electrons. The topological polar surface area (TPSA) is 85.4 Å². The van der Waals surface area contributed by atoms with Gasteiger partial charge in [0.1, 0.15) is 5.75 Å². The molecule has 24 heavy (non-hydrogen) atoms. The second kappa shape index (κ2) is 6.74. The van der Waals surface area contributed by atoms with Gasteiger partial charge < -0.3 is 10.1 Å². The number of thiazole rings is 1. The molecule has 1 unspecified atom stereocenters. The quantitative estimate of drug-likeness (QED) is 0.882. The minimum Gasteiger partial charge on any atom is -0.497 e. The third-order valence-electron chi connectivity index (χ3n) is 3.59. The van der Waals surface area contributed by atoms with E-state index in [0.29, 0.717) is 5.13 Å². The van der Waals surface area contributed by atoms with Gasteiger partial charge in [0.25, 0.3) is 0 Å². The summed E-state index contributed by atoms with van der Waals surface area (Å²) < 4.78 is 27.8. The van der Waals surface area contributed by atoms with Gasteiger partial charge in [0.2, 0.25) is 5.91 Å². The lowest BCUT2D eigenvalue weighted by atomic mass is 10.1. The Bertz CT molecular complexity index is 870. The molecule has 2 heterocycles. The molecule has 0 spiro atoms. The van der Waals surface area contributed by atoms with Crippen molar-refractivity contribution in [1.82, 2.24) is 4.98 Å². The number of sulfone groups is 1. The zero-order valence-corrected chi connectivity index (χ0v) is 14.6. The van der Waals surface area contributed by atoms with Gasteiger partial charge in [0.05, 0.1) is 18.6 Å². The number of allylic oxidation sites excluding steroid dienone is 1. The van der Waals surface area contributed by atoms with Crippen LogP contribution in [0.1, 0.15) is 6.42 Å². The van der Waals surface area contributed by atoms with Crippen LogP contribution < -0.4 is 10.1 Å². The molecular formula is C16H16N2O4S2. The molecule has 1 atom stereocenters. The molecule has 2 aromatic rings. The number of hydrogen-bond acceptors (Lipinski definition) is 6. The van der Waals surface area contributed by atoms with Crippen LogP contribution in [0.25, 0.3) is 11.3 Å². The Labute approximate surface area is 144 Å². The summed E-state index contributed by atoms with van der Waals surface area (Å²) in [6.45, 7) is 0. The monoisotopic (exact) mass is 364 g/mol. The average Bonchev–Trinajstić information content (AvgIpc) is 3.14. The van der Waals surface area contributed by atoms with Crippen LogP contribution in [0.5, 0.6) is 5.75 Å². The van der Waals surface area contributed by atoms with Crippen LogP contribution >= 0.6 is 11.3 Å². The summed E-state index contributed by atoms with van der Waals surface area (Å²) in [6.07, 6.45) is 1.70. The molecule has 3 rings (SSSR count). The predicted molar refractivity (Wildman–Crippen MR) is 93.8 cm³/mol. The SMILES string of the molecule is COc1ccc(-c2csc(NC(=O)CC3C=CS(=O)(=O)C3)n2)cc1. The van der Waals surface area contributed by atoms with Crippen molar-refractivity contribution >= 4 is 32.2 Å². The lowest BCUT2D eigenvalue weighted by Crippen LogP contribution is -2.17. The van der Waals surface area contributed by atoms with Gasteiger partial charge in [-0.3, -0.25) is 4.79 Å². The largest absolute Gasteiger partial charge is 0.497 e. The maximum absolute atomic E-state index is 12.0. The number of ether oxygens (including phenoxy) is 1. The number of carbonyl (C=O) groups excluding carboxylic acids is 1. The van der Waals surface area contributed by atoms with E-state index in [1.165, 1.54) is 16.7 Å². The Morgan fingerprint density at radius 3 is 2.75 bits per heavy atom. The smallest absolute Gasteiger partial charge is 0.226 e. The van der Waals surface area contributed by atoms with Gasteiger partial charge in [-0.05, 0) is 24.3 Å². The fourth-order valence-electron chi connectivity index (χ4n) is 2.40. The number of hydrogen-bond donors (Lipinski definition) is 1. The number of amides is 1. The Morgan fingerprint density at radius 1 is 1.38 bits per heavy atom.